The summed E-state index contributed by atoms with van der Waals surface area (Å²) in [7, 11) is 1.57. The summed E-state index contributed by atoms with van der Waals surface area (Å²) in [5.41, 5.74) is 9.34. The predicted molar refractivity (Wildman–Crippen MR) is 105 cm³/mol. The number of halogens is 1. The molecule has 0 fully saturated rings. The Balaban J connectivity index is 1.80. The smallest absolute Gasteiger partial charge is 0.248 e. The Morgan fingerprint density at radius 3 is 2.63 bits per heavy atom. The second-order valence-corrected chi connectivity index (χ2v) is 6.46. The van der Waals surface area contributed by atoms with Crippen LogP contribution in [0.4, 0.5) is 0 Å². The number of ether oxygens (including phenoxy) is 2. The zero-order valence-corrected chi connectivity index (χ0v) is 15.8. The molecule has 1 heterocycles. The van der Waals surface area contributed by atoms with Gasteiger partial charge in [-0.3, -0.25) is 9.78 Å². The molecule has 0 radical (unpaired) electrons. The second kappa shape index (κ2) is 8.10. The van der Waals surface area contributed by atoms with Crippen molar-refractivity contribution in [2.75, 3.05) is 7.11 Å². The van der Waals surface area contributed by atoms with Gasteiger partial charge >= 0.3 is 0 Å². The maximum atomic E-state index is 11.4. The standard InChI is InChI=1S/C21H19ClN2O3/c1-13-9-15(3-5-17(13)21(23)25)18-10-14(7-8-24-18)12-27-19-6-4-16(22)11-20(19)26-2/h3-11H,12H2,1-2H3,(H2,23,25). The molecule has 0 saturated heterocycles. The fourth-order valence-electron chi connectivity index (χ4n) is 2.74. The summed E-state index contributed by atoms with van der Waals surface area (Å²) >= 11 is 5.97. The van der Waals surface area contributed by atoms with Crippen LogP contribution in [0.25, 0.3) is 11.3 Å². The number of benzene rings is 2. The maximum absolute atomic E-state index is 11.4. The first-order valence-electron chi connectivity index (χ1n) is 8.30. The van der Waals surface area contributed by atoms with Crippen molar-refractivity contribution in [3.05, 3.63) is 76.4 Å². The number of nitrogens with two attached hydrogens (primary N) is 1. The van der Waals surface area contributed by atoms with Crippen LogP contribution in [-0.4, -0.2) is 18.0 Å². The van der Waals surface area contributed by atoms with Gasteiger partial charge in [-0.1, -0.05) is 17.7 Å². The lowest BCUT2D eigenvalue weighted by Crippen LogP contribution is -2.12. The summed E-state index contributed by atoms with van der Waals surface area (Å²) in [5, 5.41) is 0.583. The van der Waals surface area contributed by atoms with Crippen molar-refractivity contribution in [2.24, 2.45) is 5.73 Å². The highest BCUT2D eigenvalue weighted by Crippen LogP contribution is 2.31. The number of pyridine rings is 1. The summed E-state index contributed by atoms with van der Waals surface area (Å²) in [6.45, 7) is 2.20. The molecular formula is C21H19ClN2O3. The number of rotatable bonds is 6. The molecule has 0 bridgehead atoms. The van der Waals surface area contributed by atoms with E-state index >= 15 is 0 Å². The van der Waals surface area contributed by atoms with E-state index in [4.69, 9.17) is 26.8 Å². The molecule has 0 saturated carbocycles. The molecule has 27 heavy (non-hydrogen) atoms. The molecule has 0 atom stereocenters. The van der Waals surface area contributed by atoms with Crippen LogP contribution in [0.1, 0.15) is 21.5 Å². The van der Waals surface area contributed by atoms with Gasteiger partial charge in [-0.15, -0.1) is 0 Å². The first kappa shape index (κ1) is 18.7. The van der Waals surface area contributed by atoms with E-state index < -0.39 is 5.91 Å². The van der Waals surface area contributed by atoms with E-state index in [0.717, 1.165) is 22.4 Å². The third-order valence-electron chi connectivity index (χ3n) is 4.13. The molecule has 0 aliphatic rings. The van der Waals surface area contributed by atoms with Crippen LogP contribution in [-0.2, 0) is 6.61 Å². The summed E-state index contributed by atoms with van der Waals surface area (Å²) in [4.78, 5) is 15.8. The van der Waals surface area contributed by atoms with Gasteiger partial charge in [-0.2, -0.15) is 0 Å². The van der Waals surface area contributed by atoms with E-state index in [-0.39, 0.29) is 0 Å². The Kier molecular flexibility index (Phi) is 5.62. The fraction of sp³-hybridized carbons (Fsp3) is 0.143. The number of hydrogen-bond acceptors (Lipinski definition) is 4. The zero-order valence-electron chi connectivity index (χ0n) is 15.0. The molecule has 0 aliphatic carbocycles. The van der Waals surface area contributed by atoms with Gasteiger partial charge in [0.2, 0.25) is 5.91 Å². The number of carbonyl (C=O) groups excluding carboxylic acids is 1. The monoisotopic (exact) mass is 382 g/mol. The van der Waals surface area contributed by atoms with Gasteiger partial charge in [-0.25, -0.2) is 0 Å². The van der Waals surface area contributed by atoms with Gasteiger partial charge in [0, 0.05) is 28.4 Å². The Labute approximate surface area is 162 Å². The number of methoxy groups -OCH3 is 1. The van der Waals surface area contributed by atoms with Crippen LogP contribution in [0.2, 0.25) is 5.02 Å². The van der Waals surface area contributed by atoms with Gasteiger partial charge in [0.1, 0.15) is 6.61 Å². The number of aryl methyl sites for hydroxylation is 1. The molecular weight excluding hydrogens is 364 g/mol. The molecule has 0 spiro atoms. The minimum Gasteiger partial charge on any atom is -0.493 e. The van der Waals surface area contributed by atoms with Crippen molar-refractivity contribution in [3.8, 4) is 22.8 Å². The van der Waals surface area contributed by atoms with Crippen LogP contribution in [0.5, 0.6) is 11.5 Å². The van der Waals surface area contributed by atoms with Crippen LogP contribution in [0, 0.1) is 6.92 Å². The molecule has 138 valence electrons. The molecule has 5 nitrogen and oxygen atoms in total. The van der Waals surface area contributed by atoms with Crippen molar-refractivity contribution in [2.45, 2.75) is 13.5 Å². The zero-order chi connectivity index (χ0) is 19.4. The lowest BCUT2D eigenvalue weighted by molar-refractivity contribution is 0.0999. The highest BCUT2D eigenvalue weighted by atomic mass is 35.5. The molecule has 3 rings (SSSR count). The molecule has 1 aromatic heterocycles. The molecule has 2 aromatic carbocycles. The molecule has 3 aromatic rings. The van der Waals surface area contributed by atoms with Crippen LogP contribution in [0.3, 0.4) is 0 Å². The minimum atomic E-state index is -0.439. The Morgan fingerprint density at radius 2 is 1.93 bits per heavy atom. The van der Waals surface area contributed by atoms with Gasteiger partial charge in [0.25, 0.3) is 0 Å². The van der Waals surface area contributed by atoms with Gasteiger partial charge in [0.05, 0.1) is 12.8 Å². The third kappa shape index (κ3) is 4.38. The largest absolute Gasteiger partial charge is 0.493 e. The van der Waals surface area contributed by atoms with Crippen LogP contribution < -0.4 is 15.2 Å². The molecule has 6 heteroatoms. The van der Waals surface area contributed by atoms with Gasteiger partial charge in [-0.05, 0) is 54.4 Å². The normalized spacial score (nSPS) is 10.5. The first-order valence-corrected chi connectivity index (χ1v) is 8.68. The molecule has 0 aliphatic heterocycles. The van der Waals surface area contributed by atoms with Gasteiger partial charge < -0.3 is 15.2 Å². The van der Waals surface area contributed by atoms with E-state index in [1.807, 2.05) is 31.2 Å². The molecule has 0 unspecified atom stereocenters. The van der Waals surface area contributed by atoms with E-state index in [1.165, 1.54) is 0 Å². The Hall–Kier alpha value is -3.05. The average Bonchev–Trinajstić information content (AvgIpc) is 2.66. The first-order chi connectivity index (χ1) is 13.0. The number of primary amides is 1. The second-order valence-electron chi connectivity index (χ2n) is 6.03. The Bertz CT molecular complexity index is 989. The van der Waals surface area contributed by atoms with E-state index in [1.54, 1.807) is 37.6 Å². The highest BCUT2D eigenvalue weighted by molar-refractivity contribution is 6.30. The number of amides is 1. The minimum absolute atomic E-state index is 0.353. The van der Waals surface area contributed by atoms with Crippen molar-refractivity contribution in [1.82, 2.24) is 4.98 Å². The van der Waals surface area contributed by atoms with Crippen LogP contribution in [0.15, 0.2) is 54.7 Å². The number of aromatic nitrogens is 1. The number of nitrogens with zero attached hydrogens (tertiary/aromatic N) is 1. The summed E-state index contributed by atoms with van der Waals surface area (Å²) in [5.74, 6) is 0.752. The van der Waals surface area contributed by atoms with Crippen LogP contribution >= 0.6 is 11.6 Å². The van der Waals surface area contributed by atoms with E-state index in [9.17, 15) is 4.79 Å². The van der Waals surface area contributed by atoms with E-state index in [0.29, 0.717) is 28.7 Å². The van der Waals surface area contributed by atoms with E-state index in [2.05, 4.69) is 4.98 Å². The maximum Gasteiger partial charge on any atom is 0.248 e. The lowest BCUT2D eigenvalue weighted by Gasteiger charge is -2.12. The quantitative estimate of drug-likeness (QED) is 0.685. The number of hydrogen-bond donors (Lipinski definition) is 1. The Morgan fingerprint density at radius 1 is 1.11 bits per heavy atom. The van der Waals surface area contributed by atoms with Crippen molar-refractivity contribution < 1.29 is 14.3 Å². The average molecular weight is 383 g/mol. The molecule has 1 amide bonds. The topological polar surface area (TPSA) is 74.4 Å². The predicted octanol–water partition coefficient (Wildman–Crippen LogP) is 4.40. The van der Waals surface area contributed by atoms with Gasteiger partial charge in [0.15, 0.2) is 11.5 Å². The van der Waals surface area contributed by atoms with Crippen molar-refractivity contribution in [1.29, 1.82) is 0 Å². The summed E-state index contributed by atoms with van der Waals surface area (Å²) in [6, 6.07) is 14.5. The SMILES string of the molecule is COc1cc(Cl)ccc1OCc1ccnc(-c2ccc(C(N)=O)c(C)c2)c1. The van der Waals surface area contributed by atoms with Crippen molar-refractivity contribution in [3.63, 3.8) is 0 Å². The summed E-state index contributed by atoms with van der Waals surface area (Å²) < 4.78 is 11.2. The third-order valence-corrected chi connectivity index (χ3v) is 4.37. The number of carbonyl (C=O) groups is 1. The highest BCUT2D eigenvalue weighted by Gasteiger charge is 2.09. The lowest BCUT2D eigenvalue weighted by atomic mass is 10.0. The summed E-state index contributed by atoms with van der Waals surface area (Å²) in [6.07, 6.45) is 1.73. The fourth-order valence-corrected chi connectivity index (χ4v) is 2.91. The molecule has 2 N–H and O–H groups in total. The van der Waals surface area contributed by atoms with Crippen molar-refractivity contribution >= 4 is 17.5 Å².